The summed E-state index contributed by atoms with van der Waals surface area (Å²) in [6.07, 6.45) is 1.14. The summed E-state index contributed by atoms with van der Waals surface area (Å²) in [5.41, 5.74) is 6.01. The van der Waals surface area contributed by atoms with Crippen LogP contribution in [0.15, 0.2) is 71.1 Å². The molecule has 33 heavy (non-hydrogen) atoms. The van der Waals surface area contributed by atoms with Crippen LogP contribution in [0, 0.1) is 0 Å². The van der Waals surface area contributed by atoms with Gasteiger partial charge in [-0.15, -0.1) is 11.6 Å². The monoisotopic (exact) mass is 462 g/mol. The van der Waals surface area contributed by atoms with E-state index in [0.29, 0.717) is 24.8 Å². The van der Waals surface area contributed by atoms with Gasteiger partial charge in [0, 0.05) is 16.5 Å². The Balaban J connectivity index is 1.66. The molecule has 0 bridgehead atoms. The van der Waals surface area contributed by atoms with Gasteiger partial charge in [-0.3, -0.25) is 4.79 Å². The number of fused-ring (bicyclic) bond motifs is 1. The van der Waals surface area contributed by atoms with Gasteiger partial charge in [-0.2, -0.15) is 0 Å². The van der Waals surface area contributed by atoms with Crippen LogP contribution in [0.1, 0.15) is 36.3 Å². The molecule has 3 aromatic carbocycles. The van der Waals surface area contributed by atoms with Crippen molar-refractivity contribution in [1.29, 1.82) is 0 Å². The number of para-hydroxylation sites is 1. The molecule has 0 N–H and O–H groups in total. The highest BCUT2D eigenvalue weighted by atomic mass is 35.5. The third kappa shape index (κ3) is 5.40. The number of ether oxygens (including phenoxy) is 2. The van der Waals surface area contributed by atoms with Crippen molar-refractivity contribution in [2.45, 2.75) is 39.2 Å². The zero-order valence-corrected chi connectivity index (χ0v) is 19.7. The summed E-state index contributed by atoms with van der Waals surface area (Å²) in [5.74, 6) is 1.46. The predicted octanol–water partition coefficient (Wildman–Crippen LogP) is 7.09. The Morgan fingerprint density at radius 1 is 0.970 bits per heavy atom. The van der Waals surface area contributed by atoms with Crippen molar-refractivity contribution in [2.24, 2.45) is 0 Å². The number of carbonyl (C=O) groups excluding carboxylic acids is 1. The summed E-state index contributed by atoms with van der Waals surface area (Å²) in [6.45, 7) is 4.66. The molecule has 4 rings (SSSR count). The van der Waals surface area contributed by atoms with Gasteiger partial charge in [0.1, 0.15) is 23.7 Å². The summed E-state index contributed by atoms with van der Waals surface area (Å²) >= 11 is 6.05. The lowest BCUT2D eigenvalue weighted by Gasteiger charge is -2.13. The van der Waals surface area contributed by atoms with Gasteiger partial charge in [0.2, 0.25) is 0 Å². The van der Waals surface area contributed by atoms with Gasteiger partial charge in [-0.25, -0.2) is 0 Å². The minimum atomic E-state index is -0.264. The molecule has 0 aliphatic carbocycles. The Kier molecular flexibility index (Phi) is 7.36. The second kappa shape index (κ2) is 10.6. The molecular formula is C28H27ClO4. The summed E-state index contributed by atoms with van der Waals surface area (Å²) in [5, 5.41) is 0.989. The molecule has 0 amide bonds. The highest BCUT2D eigenvalue weighted by Gasteiger charge is 2.14. The smallest absolute Gasteiger partial charge is 0.310 e. The van der Waals surface area contributed by atoms with Crippen LogP contribution in [-0.2, 0) is 34.9 Å². The van der Waals surface area contributed by atoms with Crippen LogP contribution in [0.4, 0.5) is 0 Å². The number of hydrogen-bond donors (Lipinski definition) is 0. The van der Waals surface area contributed by atoms with Crippen LogP contribution in [0.2, 0.25) is 0 Å². The number of rotatable bonds is 9. The largest absolute Gasteiger partial charge is 0.489 e. The van der Waals surface area contributed by atoms with E-state index in [2.05, 4.69) is 43.3 Å². The fourth-order valence-corrected chi connectivity index (χ4v) is 4.04. The van der Waals surface area contributed by atoms with E-state index >= 15 is 0 Å². The number of furan rings is 1. The van der Waals surface area contributed by atoms with Gasteiger partial charge < -0.3 is 13.9 Å². The van der Waals surface area contributed by atoms with Crippen molar-refractivity contribution in [1.82, 2.24) is 0 Å². The third-order valence-electron chi connectivity index (χ3n) is 5.51. The van der Waals surface area contributed by atoms with Crippen molar-refractivity contribution < 1.29 is 18.7 Å². The van der Waals surface area contributed by atoms with Crippen molar-refractivity contribution in [2.75, 3.05) is 6.61 Å². The maximum atomic E-state index is 12.0. The quantitative estimate of drug-likeness (QED) is 0.197. The molecule has 1 aromatic heterocycles. The first-order valence-corrected chi connectivity index (χ1v) is 11.7. The zero-order chi connectivity index (χ0) is 23.2. The van der Waals surface area contributed by atoms with Gasteiger partial charge in [0.15, 0.2) is 0 Å². The third-order valence-corrected chi connectivity index (χ3v) is 5.78. The maximum Gasteiger partial charge on any atom is 0.310 e. The van der Waals surface area contributed by atoms with Gasteiger partial charge in [0.05, 0.1) is 18.9 Å². The molecule has 1 heterocycles. The summed E-state index contributed by atoms with van der Waals surface area (Å²) in [6, 6.07) is 22.2. The molecule has 0 aliphatic heterocycles. The van der Waals surface area contributed by atoms with Crippen molar-refractivity contribution in [3.63, 3.8) is 0 Å². The topological polar surface area (TPSA) is 48.7 Å². The Morgan fingerprint density at radius 2 is 1.82 bits per heavy atom. The van der Waals surface area contributed by atoms with Gasteiger partial charge in [0.25, 0.3) is 0 Å². The second-order valence-electron chi connectivity index (χ2n) is 7.84. The van der Waals surface area contributed by atoms with E-state index in [-0.39, 0.29) is 12.4 Å². The Morgan fingerprint density at radius 3 is 2.61 bits per heavy atom. The number of carbonyl (C=O) groups is 1. The van der Waals surface area contributed by atoms with E-state index in [1.807, 2.05) is 30.3 Å². The lowest BCUT2D eigenvalue weighted by atomic mass is 9.98. The highest BCUT2D eigenvalue weighted by Crippen LogP contribution is 2.34. The number of halogens is 1. The predicted molar refractivity (Wildman–Crippen MR) is 132 cm³/mol. The minimum absolute atomic E-state index is 0.179. The van der Waals surface area contributed by atoms with Crippen molar-refractivity contribution >= 4 is 28.5 Å². The minimum Gasteiger partial charge on any atom is -0.489 e. The SMILES string of the molecule is CCOC(=O)Cc1ccccc1OCc1cc(-c2cccc(CC)c2)c2oc(CCl)cc2c1. The van der Waals surface area contributed by atoms with Crippen molar-refractivity contribution in [3.8, 4) is 16.9 Å². The van der Waals surface area contributed by atoms with Crippen LogP contribution in [0.3, 0.4) is 0 Å². The molecule has 0 fully saturated rings. The van der Waals surface area contributed by atoms with Crippen LogP contribution in [-0.4, -0.2) is 12.6 Å². The first-order valence-electron chi connectivity index (χ1n) is 11.2. The summed E-state index contributed by atoms with van der Waals surface area (Å²) in [7, 11) is 0. The molecule has 0 unspecified atom stereocenters. The maximum absolute atomic E-state index is 12.0. The fraction of sp³-hybridized carbons (Fsp3) is 0.250. The molecule has 0 aliphatic rings. The molecular weight excluding hydrogens is 436 g/mol. The van der Waals surface area contributed by atoms with Gasteiger partial charge >= 0.3 is 5.97 Å². The highest BCUT2D eigenvalue weighted by molar-refractivity contribution is 6.17. The Bertz CT molecular complexity index is 1260. The van der Waals surface area contributed by atoms with E-state index in [1.54, 1.807) is 6.92 Å². The molecule has 0 saturated carbocycles. The molecule has 0 radical (unpaired) electrons. The molecule has 0 spiro atoms. The second-order valence-corrected chi connectivity index (χ2v) is 8.11. The van der Waals surface area contributed by atoms with E-state index < -0.39 is 0 Å². The zero-order valence-electron chi connectivity index (χ0n) is 18.9. The number of aryl methyl sites for hydroxylation is 1. The van der Waals surface area contributed by atoms with Crippen LogP contribution >= 0.6 is 11.6 Å². The Labute approximate surface area is 199 Å². The number of alkyl halides is 1. The van der Waals surface area contributed by atoms with Crippen LogP contribution in [0.5, 0.6) is 5.75 Å². The fourth-order valence-electron chi connectivity index (χ4n) is 3.91. The normalized spacial score (nSPS) is 11.0. The molecule has 0 atom stereocenters. The van der Waals surface area contributed by atoms with Crippen molar-refractivity contribution in [3.05, 3.63) is 89.2 Å². The van der Waals surface area contributed by atoms with Gasteiger partial charge in [-0.05, 0) is 54.3 Å². The van der Waals surface area contributed by atoms with E-state index in [9.17, 15) is 4.79 Å². The average Bonchev–Trinajstić information content (AvgIpc) is 3.26. The Hall–Kier alpha value is -3.24. The van der Waals surface area contributed by atoms with E-state index in [1.165, 1.54) is 5.56 Å². The lowest BCUT2D eigenvalue weighted by Crippen LogP contribution is -2.09. The first kappa shape index (κ1) is 22.9. The molecule has 4 aromatic rings. The standard InChI is InChI=1S/C28H27ClO4/c1-3-19-8-7-10-21(12-19)25-14-20(13-23-15-24(17-29)33-28(23)25)18-32-26-11-6-5-9-22(26)16-27(30)31-4-2/h5-15H,3-4,16-18H2,1-2H3. The lowest BCUT2D eigenvalue weighted by molar-refractivity contribution is -0.142. The first-order chi connectivity index (χ1) is 16.1. The number of benzene rings is 3. The molecule has 5 heteroatoms. The van der Waals surface area contributed by atoms with E-state index in [4.69, 9.17) is 25.5 Å². The summed E-state index contributed by atoms with van der Waals surface area (Å²) in [4.78, 5) is 12.0. The number of hydrogen-bond acceptors (Lipinski definition) is 4. The molecule has 4 nitrogen and oxygen atoms in total. The molecule has 0 saturated heterocycles. The average molecular weight is 463 g/mol. The van der Waals surface area contributed by atoms with Gasteiger partial charge in [-0.1, -0.05) is 49.4 Å². The molecule has 170 valence electrons. The van der Waals surface area contributed by atoms with E-state index in [0.717, 1.165) is 45.4 Å². The summed E-state index contributed by atoms with van der Waals surface area (Å²) < 4.78 is 17.3. The van der Waals surface area contributed by atoms with Crippen LogP contribution in [0.25, 0.3) is 22.1 Å². The number of esters is 1. The van der Waals surface area contributed by atoms with Crippen LogP contribution < -0.4 is 4.74 Å².